The Bertz CT molecular complexity index is 513. The van der Waals surface area contributed by atoms with Gasteiger partial charge in [-0.15, -0.1) is 10.2 Å². The Morgan fingerprint density at radius 1 is 1.24 bits per heavy atom. The molecule has 1 aromatic heterocycles. The van der Waals surface area contributed by atoms with E-state index in [0.29, 0.717) is 16.6 Å². The Hall–Kier alpha value is -0.680. The zero-order valence-corrected chi connectivity index (χ0v) is 11.3. The van der Waals surface area contributed by atoms with Gasteiger partial charge >= 0.3 is 0 Å². The van der Waals surface area contributed by atoms with Gasteiger partial charge in [0.05, 0.1) is 5.02 Å². The molecule has 2 aromatic rings. The summed E-state index contributed by atoms with van der Waals surface area (Å²) in [6, 6.07) is 5.36. The highest BCUT2D eigenvalue weighted by molar-refractivity contribution is 7.14. The third-order valence-electron chi connectivity index (χ3n) is 2.22. The van der Waals surface area contributed by atoms with E-state index in [2.05, 4.69) is 10.2 Å². The topological polar surface area (TPSA) is 51.8 Å². The summed E-state index contributed by atoms with van der Waals surface area (Å²) in [5, 5.41) is 11.3. The Morgan fingerprint density at radius 2 is 2.06 bits per heavy atom. The van der Waals surface area contributed by atoms with Crippen LogP contribution in [0.3, 0.4) is 0 Å². The number of nitrogens with zero attached hydrogens (tertiary/aromatic N) is 2. The lowest BCUT2D eigenvalue weighted by Gasteiger charge is -1.99. The Balaban J connectivity index is 2.24. The van der Waals surface area contributed by atoms with Gasteiger partial charge in [-0.05, 0) is 31.2 Å². The number of nitrogens with two attached hydrogens (primary N) is 1. The van der Waals surface area contributed by atoms with Crippen LogP contribution in [0.25, 0.3) is 10.6 Å². The van der Waals surface area contributed by atoms with Crippen LogP contribution >= 0.6 is 34.5 Å². The smallest absolute Gasteiger partial charge is 0.149 e. The fourth-order valence-corrected chi connectivity index (χ4v) is 2.85. The van der Waals surface area contributed by atoms with Crippen LogP contribution in [0.1, 0.15) is 11.4 Å². The maximum atomic E-state index is 6.11. The highest BCUT2D eigenvalue weighted by Gasteiger charge is 2.10. The van der Waals surface area contributed by atoms with Gasteiger partial charge in [0.25, 0.3) is 0 Å². The van der Waals surface area contributed by atoms with E-state index in [1.165, 1.54) is 0 Å². The summed E-state index contributed by atoms with van der Waals surface area (Å²) in [5.41, 5.74) is 6.32. The molecule has 1 aromatic carbocycles. The zero-order chi connectivity index (χ0) is 12.3. The maximum absolute atomic E-state index is 6.11. The second kappa shape index (κ2) is 5.78. The minimum Gasteiger partial charge on any atom is -0.330 e. The molecule has 0 aliphatic heterocycles. The van der Waals surface area contributed by atoms with Gasteiger partial charge in [-0.25, -0.2) is 0 Å². The van der Waals surface area contributed by atoms with Gasteiger partial charge in [0.15, 0.2) is 0 Å². The first-order chi connectivity index (χ1) is 8.20. The Kier molecular flexibility index (Phi) is 4.34. The first kappa shape index (κ1) is 12.8. The lowest BCUT2D eigenvalue weighted by Crippen LogP contribution is -1.99. The van der Waals surface area contributed by atoms with Crippen molar-refractivity contribution in [3.05, 3.63) is 33.3 Å². The van der Waals surface area contributed by atoms with Crippen LogP contribution in [-0.2, 0) is 6.42 Å². The summed E-state index contributed by atoms with van der Waals surface area (Å²) in [7, 11) is 0. The molecular weight excluding hydrogens is 277 g/mol. The molecule has 0 aliphatic rings. The van der Waals surface area contributed by atoms with Gasteiger partial charge in [-0.1, -0.05) is 34.5 Å². The molecule has 0 bridgehead atoms. The van der Waals surface area contributed by atoms with E-state index in [-0.39, 0.29) is 0 Å². The van der Waals surface area contributed by atoms with E-state index in [9.17, 15) is 0 Å². The van der Waals surface area contributed by atoms with E-state index in [4.69, 9.17) is 28.9 Å². The average Bonchev–Trinajstić information content (AvgIpc) is 2.75. The van der Waals surface area contributed by atoms with Crippen molar-refractivity contribution < 1.29 is 0 Å². The molecule has 0 unspecified atom stereocenters. The van der Waals surface area contributed by atoms with Gasteiger partial charge in [-0.2, -0.15) is 0 Å². The Labute approximate surface area is 114 Å². The normalized spacial score (nSPS) is 10.8. The second-order valence-corrected chi connectivity index (χ2v) is 5.42. The maximum Gasteiger partial charge on any atom is 0.149 e. The summed E-state index contributed by atoms with van der Waals surface area (Å²) >= 11 is 13.5. The fraction of sp³-hybridized carbons (Fsp3) is 0.273. The fourth-order valence-electron chi connectivity index (χ4n) is 1.38. The van der Waals surface area contributed by atoms with Gasteiger partial charge in [0, 0.05) is 17.0 Å². The highest BCUT2D eigenvalue weighted by Crippen LogP contribution is 2.32. The van der Waals surface area contributed by atoms with Gasteiger partial charge in [-0.3, -0.25) is 0 Å². The van der Waals surface area contributed by atoms with Crippen molar-refractivity contribution >= 4 is 34.5 Å². The van der Waals surface area contributed by atoms with E-state index >= 15 is 0 Å². The summed E-state index contributed by atoms with van der Waals surface area (Å²) in [4.78, 5) is 0. The van der Waals surface area contributed by atoms with E-state index in [1.807, 2.05) is 6.07 Å². The molecule has 0 spiro atoms. The minimum absolute atomic E-state index is 0.596. The third kappa shape index (κ3) is 3.16. The molecule has 0 aliphatic carbocycles. The number of hydrogen-bond donors (Lipinski definition) is 1. The molecule has 0 radical (unpaired) electrons. The number of aryl methyl sites for hydroxylation is 1. The van der Waals surface area contributed by atoms with Crippen LogP contribution in [0, 0.1) is 0 Å². The molecular formula is C11H11Cl2N3S. The molecule has 0 saturated carbocycles. The minimum atomic E-state index is 0.596. The molecule has 17 heavy (non-hydrogen) atoms. The van der Waals surface area contributed by atoms with Gasteiger partial charge in [0.2, 0.25) is 0 Å². The molecule has 1 heterocycles. The van der Waals surface area contributed by atoms with Crippen molar-refractivity contribution in [2.24, 2.45) is 5.73 Å². The molecule has 2 N–H and O–H groups in total. The predicted octanol–water partition coefficient (Wildman–Crippen LogP) is 3.40. The first-order valence-electron chi connectivity index (χ1n) is 5.18. The second-order valence-electron chi connectivity index (χ2n) is 3.52. The van der Waals surface area contributed by atoms with Gasteiger partial charge < -0.3 is 5.73 Å². The average molecular weight is 288 g/mol. The SMILES string of the molecule is NCCCc1nnc(-c2ccc(Cl)cc2Cl)s1. The summed E-state index contributed by atoms with van der Waals surface area (Å²) in [6.45, 7) is 0.663. The standard InChI is InChI=1S/C11H11Cl2N3S/c12-7-3-4-8(9(13)6-7)11-16-15-10(17-11)2-1-5-14/h3-4,6H,1-2,5,14H2. The largest absolute Gasteiger partial charge is 0.330 e. The van der Waals surface area contributed by atoms with Crippen LogP contribution in [0.2, 0.25) is 10.0 Å². The van der Waals surface area contributed by atoms with E-state index in [1.54, 1.807) is 23.5 Å². The first-order valence-corrected chi connectivity index (χ1v) is 6.76. The highest BCUT2D eigenvalue weighted by atomic mass is 35.5. The molecule has 0 fully saturated rings. The van der Waals surface area contributed by atoms with Crippen LogP contribution in [0.5, 0.6) is 0 Å². The summed E-state index contributed by atoms with van der Waals surface area (Å²) in [6.07, 6.45) is 1.78. The molecule has 0 saturated heterocycles. The molecule has 0 amide bonds. The number of aromatic nitrogens is 2. The van der Waals surface area contributed by atoms with Crippen molar-refractivity contribution in [2.75, 3.05) is 6.54 Å². The van der Waals surface area contributed by atoms with Crippen LogP contribution < -0.4 is 5.73 Å². The third-order valence-corrected chi connectivity index (χ3v) is 3.79. The van der Waals surface area contributed by atoms with Crippen molar-refractivity contribution in [3.63, 3.8) is 0 Å². The van der Waals surface area contributed by atoms with E-state index < -0.39 is 0 Å². The number of benzene rings is 1. The van der Waals surface area contributed by atoms with Crippen LogP contribution in [0.15, 0.2) is 18.2 Å². The molecule has 0 atom stereocenters. The molecule has 2 rings (SSSR count). The van der Waals surface area contributed by atoms with Crippen molar-refractivity contribution in [2.45, 2.75) is 12.8 Å². The summed E-state index contributed by atoms with van der Waals surface area (Å²) < 4.78 is 0. The van der Waals surface area contributed by atoms with Crippen LogP contribution in [0.4, 0.5) is 0 Å². The van der Waals surface area contributed by atoms with E-state index in [0.717, 1.165) is 28.4 Å². The summed E-state index contributed by atoms with van der Waals surface area (Å²) in [5.74, 6) is 0. The zero-order valence-electron chi connectivity index (χ0n) is 8.99. The lowest BCUT2D eigenvalue weighted by molar-refractivity contribution is 0.812. The van der Waals surface area contributed by atoms with Gasteiger partial charge in [0.1, 0.15) is 10.0 Å². The molecule has 90 valence electrons. The monoisotopic (exact) mass is 287 g/mol. The quantitative estimate of drug-likeness (QED) is 0.938. The number of hydrogen-bond acceptors (Lipinski definition) is 4. The molecule has 3 nitrogen and oxygen atoms in total. The van der Waals surface area contributed by atoms with Crippen LogP contribution in [-0.4, -0.2) is 16.7 Å². The lowest BCUT2D eigenvalue weighted by atomic mass is 10.2. The van der Waals surface area contributed by atoms with Crippen molar-refractivity contribution in [1.82, 2.24) is 10.2 Å². The molecule has 6 heteroatoms. The predicted molar refractivity (Wildman–Crippen MR) is 72.7 cm³/mol. The number of rotatable bonds is 4. The van der Waals surface area contributed by atoms with Crippen molar-refractivity contribution in [3.8, 4) is 10.6 Å². The van der Waals surface area contributed by atoms with Crippen molar-refractivity contribution in [1.29, 1.82) is 0 Å². The number of halogens is 2. The Morgan fingerprint density at radius 3 is 2.76 bits per heavy atom.